The van der Waals surface area contributed by atoms with E-state index in [-0.39, 0.29) is 11.9 Å². The third-order valence-electron chi connectivity index (χ3n) is 4.44. The average molecular weight is 288 g/mol. The Kier molecular flexibility index (Phi) is 4.15. The van der Waals surface area contributed by atoms with Gasteiger partial charge in [-0.25, -0.2) is 0 Å². The molecular formula is C17H24N2O2. The van der Waals surface area contributed by atoms with E-state index in [0.717, 1.165) is 37.9 Å². The van der Waals surface area contributed by atoms with E-state index in [0.29, 0.717) is 12.1 Å². The van der Waals surface area contributed by atoms with Crippen molar-refractivity contribution in [3.63, 3.8) is 0 Å². The molecule has 1 fully saturated rings. The first-order valence-electron chi connectivity index (χ1n) is 7.88. The molecule has 0 aliphatic heterocycles. The van der Waals surface area contributed by atoms with Crippen molar-refractivity contribution in [3.8, 4) is 5.75 Å². The topological polar surface area (TPSA) is 50.4 Å². The van der Waals surface area contributed by atoms with Crippen molar-refractivity contribution in [2.75, 3.05) is 7.11 Å². The van der Waals surface area contributed by atoms with E-state index < -0.39 is 0 Å². The average Bonchev–Trinajstić information content (AvgIpc) is 3.30. The molecule has 1 aromatic carbocycles. The van der Waals surface area contributed by atoms with Crippen LogP contribution in [0.1, 0.15) is 37.3 Å². The summed E-state index contributed by atoms with van der Waals surface area (Å²) < 4.78 is 5.30. The SMILES string of the molecule is COc1ccc2c(c1)CC(NC(C)C(=O)NC1CC1)CC2. The minimum absolute atomic E-state index is 0.122. The smallest absolute Gasteiger partial charge is 0.237 e. The van der Waals surface area contributed by atoms with Gasteiger partial charge in [0.05, 0.1) is 13.2 Å². The molecule has 2 aliphatic carbocycles. The number of methoxy groups -OCH3 is 1. The molecule has 0 radical (unpaired) electrons. The van der Waals surface area contributed by atoms with Crippen LogP contribution in [0.25, 0.3) is 0 Å². The van der Waals surface area contributed by atoms with Crippen molar-refractivity contribution < 1.29 is 9.53 Å². The zero-order valence-electron chi connectivity index (χ0n) is 12.8. The van der Waals surface area contributed by atoms with Gasteiger partial charge in [-0.2, -0.15) is 0 Å². The molecule has 114 valence electrons. The predicted molar refractivity (Wildman–Crippen MR) is 82.6 cm³/mol. The monoisotopic (exact) mass is 288 g/mol. The Labute approximate surface area is 126 Å². The molecule has 2 aliphatic rings. The Balaban J connectivity index is 1.58. The molecule has 1 saturated carbocycles. The van der Waals surface area contributed by atoms with Crippen LogP contribution in [0, 0.1) is 0 Å². The van der Waals surface area contributed by atoms with Gasteiger partial charge in [-0.3, -0.25) is 4.79 Å². The minimum atomic E-state index is -0.122. The lowest BCUT2D eigenvalue weighted by molar-refractivity contribution is -0.123. The number of benzene rings is 1. The van der Waals surface area contributed by atoms with Gasteiger partial charge in [0.1, 0.15) is 5.75 Å². The summed E-state index contributed by atoms with van der Waals surface area (Å²) >= 11 is 0. The zero-order valence-corrected chi connectivity index (χ0v) is 12.8. The highest BCUT2D eigenvalue weighted by atomic mass is 16.5. The van der Waals surface area contributed by atoms with Crippen molar-refractivity contribution in [1.82, 2.24) is 10.6 Å². The van der Waals surface area contributed by atoms with Crippen LogP contribution < -0.4 is 15.4 Å². The van der Waals surface area contributed by atoms with E-state index in [1.807, 2.05) is 13.0 Å². The summed E-state index contributed by atoms with van der Waals surface area (Å²) in [6, 6.07) is 6.98. The fourth-order valence-corrected chi connectivity index (χ4v) is 2.99. The van der Waals surface area contributed by atoms with E-state index in [4.69, 9.17) is 4.74 Å². The Morgan fingerprint density at radius 1 is 1.24 bits per heavy atom. The lowest BCUT2D eigenvalue weighted by Crippen LogP contribution is -2.48. The van der Waals surface area contributed by atoms with Crippen molar-refractivity contribution >= 4 is 5.91 Å². The minimum Gasteiger partial charge on any atom is -0.497 e. The number of aryl methyl sites for hydroxylation is 1. The molecule has 2 unspecified atom stereocenters. The number of carbonyl (C=O) groups excluding carboxylic acids is 1. The molecule has 0 heterocycles. The van der Waals surface area contributed by atoms with Gasteiger partial charge in [0.15, 0.2) is 0 Å². The van der Waals surface area contributed by atoms with Crippen LogP contribution in [0.15, 0.2) is 18.2 Å². The van der Waals surface area contributed by atoms with Crippen molar-refractivity contribution in [2.24, 2.45) is 0 Å². The number of amides is 1. The lowest BCUT2D eigenvalue weighted by Gasteiger charge is -2.28. The first kappa shape index (κ1) is 14.4. The van der Waals surface area contributed by atoms with Gasteiger partial charge < -0.3 is 15.4 Å². The normalized spacial score (nSPS) is 22.3. The molecule has 4 nitrogen and oxygen atoms in total. The summed E-state index contributed by atoms with van der Waals surface area (Å²) in [6.07, 6.45) is 5.38. The summed E-state index contributed by atoms with van der Waals surface area (Å²) in [4.78, 5) is 12.0. The number of nitrogens with one attached hydrogen (secondary N) is 2. The van der Waals surface area contributed by atoms with Crippen molar-refractivity contribution in [1.29, 1.82) is 0 Å². The number of rotatable bonds is 5. The number of hydrogen-bond acceptors (Lipinski definition) is 3. The van der Waals surface area contributed by atoms with Crippen LogP contribution in [-0.4, -0.2) is 31.1 Å². The molecule has 0 aromatic heterocycles. The second kappa shape index (κ2) is 6.06. The first-order chi connectivity index (χ1) is 10.2. The zero-order chi connectivity index (χ0) is 14.8. The second-order valence-electron chi connectivity index (χ2n) is 6.25. The summed E-state index contributed by atoms with van der Waals surface area (Å²) in [5.41, 5.74) is 2.75. The van der Waals surface area contributed by atoms with Crippen LogP contribution in [0.4, 0.5) is 0 Å². The molecule has 4 heteroatoms. The van der Waals surface area contributed by atoms with Crippen LogP contribution in [0.5, 0.6) is 5.75 Å². The fourth-order valence-electron chi connectivity index (χ4n) is 2.99. The summed E-state index contributed by atoms with van der Waals surface area (Å²) in [5.74, 6) is 1.04. The van der Waals surface area contributed by atoms with E-state index in [1.165, 1.54) is 11.1 Å². The molecule has 21 heavy (non-hydrogen) atoms. The number of hydrogen-bond donors (Lipinski definition) is 2. The fraction of sp³-hybridized carbons (Fsp3) is 0.588. The molecule has 0 bridgehead atoms. The molecule has 1 amide bonds. The van der Waals surface area contributed by atoms with Gasteiger partial charge in [0.25, 0.3) is 0 Å². The van der Waals surface area contributed by atoms with Crippen molar-refractivity contribution in [3.05, 3.63) is 29.3 Å². The van der Waals surface area contributed by atoms with Gasteiger partial charge in [-0.05, 0) is 62.3 Å². The Bertz CT molecular complexity index is 526. The molecule has 0 spiro atoms. The molecule has 2 N–H and O–H groups in total. The van der Waals surface area contributed by atoms with Crippen LogP contribution in [0.2, 0.25) is 0 Å². The standard InChI is InChI=1S/C17H24N2O2/c1-11(17(20)19-14-6-7-14)18-15-5-3-12-4-8-16(21-2)10-13(12)9-15/h4,8,10-11,14-15,18H,3,5-7,9H2,1-2H3,(H,19,20). The second-order valence-corrected chi connectivity index (χ2v) is 6.25. The number of fused-ring (bicyclic) bond motifs is 1. The van der Waals surface area contributed by atoms with Gasteiger partial charge >= 0.3 is 0 Å². The van der Waals surface area contributed by atoms with E-state index >= 15 is 0 Å². The highest BCUT2D eigenvalue weighted by molar-refractivity contribution is 5.81. The molecule has 2 atom stereocenters. The summed E-state index contributed by atoms with van der Waals surface area (Å²) in [6.45, 7) is 1.96. The maximum atomic E-state index is 12.0. The predicted octanol–water partition coefficient (Wildman–Crippen LogP) is 1.81. The molecule has 3 rings (SSSR count). The quantitative estimate of drug-likeness (QED) is 0.869. The maximum absolute atomic E-state index is 12.0. The Hall–Kier alpha value is -1.55. The largest absolute Gasteiger partial charge is 0.497 e. The molecule has 1 aromatic rings. The summed E-state index contributed by atoms with van der Waals surface area (Å²) in [7, 11) is 1.70. The third kappa shape index (κ3) is 3.56. The van der Waals surface area contributed by atoms with Crippen LogP contribution in [-0.2, 0) is 17.6 Å². The van der Waals surface area contributed by atoms with Gasteiger partial charge in [-0.1, -0.05) is 6.07 Å². The molecule has 0 saturated heterocycles. The van der Waals surface area contributed by atoms with Crippen LogP contribution >= 0.6 is 0 Å². The van der Waals surface area contributed by atoms with Gasteiger partial charge in [-0.15, -0.1) is 0 Å². The maximum Gasteiger partial charge on any atom is 0.237 e. The van der Waals surface area contributed by atoms with E-state index in [2.05, 4.69) is 22.8 Å². The van der Waals surface area contributed by atoms with Gasteiger partial charge in [0.2, 0.25) is 5.91 Å². The van der Waals surface area contributed by atoms with Crippen LogP contribution in [0.3, 0.4) is 0 Å². The van der Waals surface area contributed by atoms with E-state index in [9.17, 15) is 4.79 Å². The Morgan fingerprint density at radius 3 is 2.76 bits per heavy atom. The number of ether oxygens (including phenoxy) is 1. The lowest BCUT2D eigenvalue weighted by atomic mass is 9.88. The molecular weight excluding hydrogens is 264 g/mol. The highest BCUT2D eigenvalue weighted by Crippen LogP contribution is 2.26. The Morgan fingerprint density at radius 2 is 2.05 bits per heavy atom. The van der Waals surface area contributed by atoms with Crippen molar-refractivity contribution in [2.45, 2.75) is 57.2 Å². The highest BCUT2D eigenvalue weighted by Gasteiger charge is 2.27. The van der Waals surface area contributed by atoms with E-state index in [1.54, 1.807) is 7.11 Å². The first-order valence-corrected chi connectivity index (χ1v) is 7.88. The van der Waals surface area contributed by atoms with Gasteiger partial charge in [0, 0.05) is 12.1 Å². The third-order valence-corrected chi connectivity index (χ3v) is 4.44. The number of carbonyl (C=O) groups is 1. The summed E-state index contributed by atoms with van der Waals surface area (Å²) in [5, 5.41) is 6.54.